The van der Waals surface area contributed by atoms with Crippen molar-refractivity contribution in [1.29, 1.82) is 0 Å². The quantitative estimate of drug-likeness (QED) is 0.0291. The van der Waals surface area contributed by atoms with E-state index in [1.165, 1.54) is 10.6 Å². The molecule has 1 aliphatic carbocycles. The molecule has 7 rings (SSSR count). The van der Waals surface area contributed by atoms with Crippen molar-refractivity contribution in [2.24, 2.45) is 0 Å². The number of carboxylic acids is 1. The van der Waals surface area contributed by atoms with Gasteiger partial charge in [0.2, 0.25) is 17.3 Å². The third-order valence-electron chi connectivity index (χ3n) is 10.7. The van der Waals surface area contributed by atoms with Crippen LogP contribution in [-0.2, 0) is 13.8 Å². The zero-order chi connectivity index (χ0) is 45.3. The lowest BCUT2D eigenvalue weighted by Gasteiger charge is -2.20. The van der Waals surface area contributed by atoms with E-state index in [9.17, 15) is 34.3 Å². The molecule has 1 amide bonds. The number of aromatic carboxylic acids is 1. The van der Waals surface area contributed by atoms with Crippen molar-refractivity contribution in [2.75, 3.05) is 63.8 Å². The minimum atomic E-state index is -4.91. The number of unbranched alkanes of at least 4 members (excludes halogenated alkanes) is 3. The van der Waals surface area contributed by atoms with Gasteiger partial charge in [-0.05, 0) is 48.7 Å². The highest BCUT2D eigenvalue weighted by Gasteiger charge is 2.46. The summed E-state index contributed by atoms with van der Waals surface area (Å²) in [5, 5.41) is 39.5. The van der Waals surface area contributed by atoms with Gasteiger partial charge in [0.05, 0.1) is 18.2 Å². The molecule has 1 saturated heterocycles. The Morgan fingerprint density at radius 3 is 2.41 bits per heavy atom. The van der Waals surface area contributed by atoms with E-state index in [0.29, 0.717) is 61.2 Å². The first-order valence-electron chi connectivity index (χ1n) is 20.0. The van der Waals surface area contributed by atoms with Crippen LogP contribution in [0.25, 0.3) is 44.6 Å². The number of rotatable bonds is 16. The first-order chi connectivity index (χ1) is 29.9. The molecule has 4 aromatic rings. The van der Waals surface area contributed by atoms with Crippen molar-refractivity contribution < 1.29 is 52.9 Å². The Bertz CT molecular complexity index is 2850. The van der Waals surface area contributed by atoms with Crippen molar-refractivity contribution in [1.82, 2.24) is 29.4 Å². The Kier molecular flexibility index (Phi) is 13.0. The van der Waals surface area contributed by atoms with Crippen LogP contribution in [0.2, 0.25) is 0 Å². The average molecular weight is 891 g/mol. The Morgan fingerprint density at radius 1 is 0.984 bits per heavy atom. The number of carbonyl (C=O) groups is 2. The lowest BCUT2D eigenvalue weighted by molar-refractivity contribution is -0.0494. The standard InChI is InChI=1S/C41H48N9O12P/c1-48(2)22-10-13-25-28(18-22)61-29-19-23(49(3)4)11-14-26(29)31(25)24-12-9-21(17-27(24)39(55)56)36(53)43-15-7-5-6-8-16-44-41-45-32-35(46-40(42)47-37(32)54)50(41)38-34(52)33(51)30(62-38)20-60-63(57,58)59/h9-14,17-19,30,33-34,38,43,51-52H,5-8,15-16,20H2,1-4H3,(H6,42,47,53,54,55,56,57,58,59)/p+1/t30-,33-,34-,38-/m1/s1. The molecule has 21 nitrogen and oxygen atoms in total. The number of benzene rings is 3. The molecule has 2 aliphatic heterocycles. The van der Waals surface area contributed by atoms with Gasteiger partial charge in [0.15, 0.2) is 17.4 Å². The van der Waals surface area contributed by atoms with Crippen molar-refractivity contribution in [3.8, 4) is 22.5 Å². The second-order valence-corrected chi connectivity index (χ2v) is 16.8. The molecular weight excluding hydrogens is 841 g/mol. The molecule has 0 unspecified atom stereocenters. The lowest BCUT2D eigenvalue weighted by Crippen LogP contribution is -2.33. The van der Waals surface area contributed by atoms with E-state index >= 15 is 0 Å². The maximum atomic E-state index is 13.3. The topological polar surface area (TPSA) is 304 Å². The van der Waals surface area contributed by atoms with Crippen molar-refractivity contribution in [2.45, 2.75) is 50.2 Å². The summed E-state index contributed by atoms with van der Waals surface area (Å²) in [6, 6.07) is 16.2. The molecule has 2 aromatic carbocycles. The number of aliphatic hydroxyl groups is 2. The summed E-state index contributed by atoms with van der Waals surface area (Å²) in [7, 11) is 2.78. The van der Waals surface area contributed by atoms with Crippen LogP contribution in [0.1, 0.15) is 52.6 Å². The summed E-state index contributed by atoms with van der Waals surface area (Å²) in [5.74, 6) is -1.22. The lowest BCUT2D eigenvalue weighted by atomic mass is 9.89. The number of carbonyl (C=O) groups excluding carboxylic acids is 1. The number of nitrogens with two attached hydrogens (primary N) is 1. The minimum Gasteiger partial charge on any atom is -0.478 e. The Labute approximate surface area is 359 Å². The molecule has 0 radical (unpaired) electrons. The van der Waals surface area contributed by atoms with E-state index in [1.54, 1.807) is 12.1 Å². The van der Waals surface area contributed by atoms with Gasteiger partial charge in [-0.2, -0.15) is 4.98 Å². The van der Waals surface area contributed by atoms with E-state index in [4.69, 9.17) is 24.7 Å². The van der Waals surface area contributed by atoms with E-state index in [2.05, 4.69) is 30.1 Å². The molecular formula is C41H49N9O12P+. The molecule has 4 heterocycles. The fraction of sp³-hybridized carbons (Fsp3) is 0.366. The Balaban J connectivity index is 0.992. The summed E-state index contributed by atoms with van der Waals surface area (Å²) in [5.41, 5.74) is 8.40. The summed E-state index contributed by atoms with van der Waals surface area (Å²) in [4.78, 5) is 69.7. The smallest absolute Gasteiger partial charge is 0.469 e. The maximum Gasteiger partial charge on any atom is 0.469 e. The summed E-state index contributed by atoms with van der Waals surface area (Å²) >= 11 is 0. The van der Waals surface area contributed by atoms with Crippen LogP contribution >= 0.6 is 7.82 Å². The fourth-order valence-corrected chi connectivity index (χ4v) is 7.86. The number of nitrogens with zero attached hydrogens (tertiary/aromatic N) is 5. The molecule has 4 atom stereocenters. The predicted molar refractivity (Wildman–Crippen MR) is 232 cm³/mol. The van der Waals surface area contributed by atoms with Gasteiger partial charge >= 0.3 is 13.8 Å². The van der Waals surface area contributed by atoms with Crippen molar-refractivity contribution in [3.63, 3.8) is 0 Å². The number of H-pyrrole nitrogens is 1. The maximum absolute atomic E-state index is 13.3. The van der Waals surface area contributed by atoms with E-state index < -0.39 is 56.4 Å². The van der Waals surface area contributed by atoms with Crippen LogP contribution in [0, 0.1) is 0 Å². The number of imidazole rings is 1. The number of carboxylic acid groups (broad SMARTS) is 1. The second kappa shape index (κ2) is 18.3. The first-order valence-corrected chi connectivity index (χ1v) is 21.5. The number of hydrogen-bond acceptors (Lipinski definition) is 14. The SMILES string of the molecule is CN(C)c1ccc2c(-c3ccc(C(=O)NCCCCCCNc4nc5c(=O)[nH]c(N)nc5n4[C@@H]4O[C@H](COP(=O)(O)O)[C@@H](O)[C@H]4O)cc3C(=O)O)c3ccc(=[N+](C)C)cc-3oc2c1. The number of phosphoric acid groups is 1. The van der Waals surface area contributed by atoms with Gasteiger partial charge in [-0.15, -0.1) is 0 Å². The largest absolute Gasteiger partial charge is 0.478 e. The second-order valence-electron chi connectivity index (χ2n) is 15.6. The summed E-state index contributed by atoms with van der Waals surface area (Å²) in [6.45, 7) is -0.0821. The number of aromatic amines is 1. The van der Waals surface area contributed by atoms with Crippen LogP contribution in [0.5, 0.6) is 0 Å². The minimum absolute atomic E-state index is 0.0337. The number of aliphatic hydroxyl groups excluding tert-OH is 2. The van der Waals surface area contributed by atoms with E-state index in [-0.39, 0.29) is 34.2 Å². The molecule has 2 aromatic heterocycles. The van der Waals surface area contributed by atoms with Crippen molar-refractivity contribution >= 4 is 59.4 Å². The Morgan fingerprint density at radius 2 is 1.71 bits per heavy atom. The van der Waals surface area contributed by atoms with Gasteiger partial charge in [0.1, 0.15) is 43.8 Å². The van der Waals surface area contributed by atoms with Crippen LogP contribution in [0.15, 0.2) is 63.8 Å². The number of anilines is 3. The van der Waals surface area contributed by atoms with Crippen LogP contribution in [0.3, 0.4) is 0 Å². The summed E-state index contributed by atoms with van der Waals surface area (Å²) in [6.07, 6.45) is -3.36. The molecule has 10 N–H and O–H groups in total. The number of nitrogens with one attached hydrogen (secondary N) is 3. The predicted octanol–water partition coefficient (Wildman–Crippen LogP) is 2.15. The number of phosphoric ester groups is 1. The van der Waals surface area contributed by atoms with Crippen LogP contribution in [-0.4, -0.2) is 123 Å². The number of amides is 1. The zero-order valence-corrected chi connectivity index (χ0v) is 35.7. The number of aromatic nitrogens is 4. The fourth-order valence-electron chi connectivity index (χ4n) is 7.52. The van der Waals surface area contributed by atoms with Gasteiger partial charge in [-0.1, -0.05) is 18.9 Å². The highest BCUT2D eigenvalue weighted by Crippen LogP contribution is 2.43. The van der Waals surface area contributed by atoms with E-state index in [1.807, 2.05) is 74.1 Å². The monoisotopic (exact) mass is 890 g/mol. The molecule has 22 heteroatoms. The van der Waals surface area contributed by atoms with Gasteiger partial charge in [-0.3, -0.25) is 23.7 Å². The summed E-state index contributed by atoms with van der Waals surface area (Å²) < 4.78 is 31.0. The first kappa shape index (κ1) is 44.9. The Hall–Kier alpha value is -6.19. The zero-order valence-electron chi connectivity index (χ0n) is 34.8. The average Bonchev–Trinajstić information content (AvgIpc) is 3.73. The van der Waals surface area contributed by atoms with Gasteiger partial charge in [0.25, 0.3) is 11.5 Å². The van der Waals surface area contributed by atoms with Gasteiger partial charge in [-0.25, -0.2) is 18.9 Å². The van der Waals surface area contributed by atoms with Crippen LogP contribution in [0.4, 0.5) is 17.6 Å². The van der Waals surface area contributed by atoms with Crippen LogP contribution < -0.4 is 36.8 Å². The molecule has 63 heavy (non-hydrogen) atoms. The van der Waals surface area contributed by atoms with E-state index in [0.717, 1.165) is 22.0 Å². The third kappa shape index (κ3) is 9.59. The number of fused-ring (bicyclic) bond motifs is 3. The van der Waals surface area contributed by atoms with Gasteiger partial charge in [0, 0.05) is 67.1 Å². The number of hydrogen-bond donors (Lipinski definition) is 9. The molecule has 1 fully saturated rings. The normalized spacial score (nSPS) is 17.7. The molecule has 3 aliphatic rings. The highest BCUT2D eigenvalue weighted by atomic mass is 31.2. The van der Waals surface area contributed by atoms with Gasteiger partial charge < -0.3 is 55.5 Å². The molecule has 0 spiro atoms. The third-order valence-corrected chi connectivity index (χ3v) is 11.2. The van der Waals surface area contributed by atoms with Crippen molar-refractivity contribution in [3.05, 3.63) is 81.4 Å². The molecule has 0 saturated carbocycles. The highest BCUT2D eigenvalue weighted by molar-refractivity contribution is 7.46. The molecule has 0 bridgehead atoms. The number of nitrogen functional groups attached to an aromatic ring is 1. The number of ether oxygens (including phenoxy) is 1. The molecule has 334 valence electrons.